The number of aromatic carboxylic acids is 1. The van der Waals surface area contributed by atoms with E-state index in [2.05, 4.69) is 0 Å². The Morgan fingerprint density at radius 3 is 2.00 bits per heavy atom. The summed E-state index contributed by atoms with van der Waals surface area (Å²) in [4.78, 5) is 24.9. The molecule has 27 heavy (non-hydrogen) atoms. The molecule has 1 amide bonds. The fraction of sp³-hybridized carbons (Fsp3) is 0.300. The zero-order valence-electron chi connectivity index (χ0n) is 15.0. The lowest BCUT2D eigenvalue weighted by Gasteiger charge is -2.22. The molecular weight excluding hydrogens is 359 g/mol. The Morgan fingerprint density at radius 2 is 1.52 bits per heavy atom. The Hall–Kier alpha value is -2.83. The number of carbonyl (C=O) groups is 2. The van der Waals surface area contributed by atoms with E-state index in [1.54, 1.807) is 26.1 Å². The molecule has 0 saturated carbocycles. The largest absolute Gasteiger partial charge is 0.478 e. The molecule has 7 heteroatoms. The molecule has 4 nitrogen and oxygen atoms in total. The van der Waals surface area contributed by atoms with E-state index in [1.807, 2.05) is 0 Å². The van der Waals surface area contributed by atoms with E-state index in [0.29, 0.717) is 18.5 Å². The number of rotatable bonds is 6. The number of carboxylic acid groups (broad SMARTS) is 1. The third kappa shape index (κ3) is 5.57. The van der Waals surface area contributed by atoms with Gasteiger partial charge in [-0.25, -0.2) is 4.79 Å². The summed E-state index contributed by atoms with van der Waals surface area (Å²) in [5.41, 5.74) is 0.899. The standard InChI is InChI=1S/C20H20F3NO3/c1-13(11-14-5-9-17(10-6-14)20(21,22)23)18(25)24(2)12-15-3-7-16(8-4-15)19(26)27/h3-10,13H,11-12H2,1-2H3,(H,26,27). The van der Waals surface area contributed by atoms with E-state index in [9.17, 15) is 22.8 Å². The molecule has 1 atom stereocenters. The van der Waals surface area contributed by atoms with Gasteiger partial charge in [-0.3, -0.25) is 4.79 Å². The van der Waals surface area contributed by atoms with Crippen LogP contribution >= 0.6 is 0 Å². The molecule has 2 rings (SSSR count). The molecule has 0 saturated heterocycles. The van der Waals surface area contributed by atoms with Gasteiger partial charge in [-0.15, -0.1) is 0 Å². The van der Waals surface area contributed by atoms with Crippen LogP contribution in [0, 0.1) is 5.92 Å². The van der Waals surface area contributed by atoms with E-state index >= 15 is 0 Å². The third-order valence-electron chi connectivity index (χ3n) is 4.24. The van der Waals surface area contributed by atoms with Crippen molar-refractivity contribution in [2.75, 3.05) is 7.05 Å². The Bertz CT molecular complexity index is 799. The fourth-order valence-corrected chi connectivity index (χ4v) is 2.75. The Labute approximate surface area is 155 Å². The number of benzene rings is 2. The summed E-state index contributed by atoms with van der Waals surface area (Å²) in [6.45, 7) is 2.04. The molecule has 0 aliphatic rings. The molecule has 0 aliphatic heterocycles. The van der Waals surface area contributed by atoms with Crippen LogP contribution < -0.4 is 0 Å². The smallest absolute Gasteiger partial charge is 0.416 e. The minimum Gasteiger partial charge on any atom is -0.478 e. The Kier molecular flexibility index (Phi) is 6.25. The van der Waals surface area contributed by atoms with Gasteiger partial charge in [0.15, 0.2) is 0 Å². The van der Waals surface area contributed by atoms with Crippen LogP contribution in [-0.2, 0) is 23.9 Å². The summed E-state index contributed by atoms with van der Waals surface area (Å²) in [5.74, 6) is -1.56. The monoisotopic (exact) mass is 379 g/mol. The van der Waals surface area contributed by atoms with Crippen LogP contribution in [0.2, 0.25) is 0 Å². The summed E-state index contributed by atoms with van der Waals surface area (Å²) in [6.07, 6.45) is -4.05. The number of carbonyl (C=O) groups excluding carboxylic acids is 1. The first kappa shape index (κ1) is 20.5. The van der Waals surface area contributed by atoms with Crippen molar-refractivity contribution in [2.45, 2.75) is 26.1 Å². The molecule has 0 fully saturated rings. The van der Waals surface area contributed by atoms with Gasteiger partial charge in [0.2, 0.25) is 5.91 Å². The molecule has 144 valence electrons. The number of hydrogen-bond acceptors (Lipinski definition) is 2. The van der Waals surface area contributed by atoms with Crippen LogP contribution in [0.3, 0.4) is 0 Å². The molecule has 0 radical (unpaired) electrons. The lowest BCUT2D eigenvalue weighted by molar-refractivity contribution is -0.137. The van der Waals surface area contributed by atoms with Crippen molar-refractivity contribution in [2.24, 2.45) is 5.92 Å². The first-order valence-corrected chi connectivity index (χ1v) is 8.31. The van der Waals surface area contributed by atoms with Crippen molar-refractivity contribution in [3.05, 3.63) is 70.8 Å². The number of halogens is 3. The molecule has 0 aromatic heterocycles. The van der Waals surface area contributed by atoms with E-state index in [-0.39, 0.29) is 11.5 Å². The van der Waals surface area contributed by atoms with Gasteiger partial charge in [0.05, 0.1) is 11.1 Å². The van der Waals surface area contributed by atoms with Gasteiger partial charge in [0.25, 0.3) is 0 Å². The maximum absolute atomic E-state index is 12.6. The van der Waals surface area contributed by atoms with Crippen molar-refractivity contribution >= 4 is 11.9 Å². The molecule has 2 aromatic carbocycles. The second-order valence-corrected chi connectivity index (χ2v) is 6.50. The highest BCUT2D eigenvalue weighted by molar-refractivity contribution is 5.87. The van der Waals surface area contributed by atoms with Crippen LogP contribution in [0.4, 0.5) is 13.2 Å². The summed E-state index contributed by atoms with van der Waals surface area (Å²) in [6, 6.07) is 11.0. The lowest BCUT2D eigenvalue weighted by Crippen LogP contribution is -2.32. The van der Waals surface area contributed by atoms with Crippen molar-refractivity contribution in [3.63, 3.8) is 0 Å². The van der Waals surface area contributed by atoms with E-state index in [0.717, 1.165) is 17.7 Å². The minimum absolute atomic E-state index is 0.141. The Balaban J connectivity index is 1.96. The van der Waals surface area contributed by atoms with Crippen molar-refractivity contribution < 1.29 is 27.9 Å². The highest BCUT2D eigenvalue weighted by atomic mass is 19.4. The Morgan fingerprint density at radius 1 is 1.00 bits per heavy atom. The first-order chi connectivity index (χ1) is 12.6. The summed E-state index contributed by atoms with van der Waals surface area (Å²) >= 11 is 0. The van der Waals surface area contributed by atoms with Crippen molar-refractivity contribution in [1.29, 1.82) is 0 Å². The lowest BCUT2D eigenvalue weighted by atomic mass is 9.98. The number of hydrogen-bond donors (Lipinski definition) is 1. The maximum atomic E-state index is 12.6. The average Bonchev–Trinajstić information content (AvgIpc) is 2.61. The molecule has 1 unspecified atom stereocenters. The molecule has 0 aliphatic carbocycles. The summed E-state index contributed by atoms with van der Waals surface area (Å²) < 4.78 is 37.8. The van der Waals surface area contributed by atoms with Crippen molar-refractivity contribution in [1.82, 2.24) is 4.90 Å². The van der Waals surface area contributed by atoms with Gasteiger partial charge in [0.1, 0.15) is 0 Å². The number of nitrogens with zero attached hydrogens (tertiary/aromatic N) is 1. The zero-order chi connectivity index (χ0) is 20.2. The second kappa shape index (κ2) is 8.24. The molecular formula is C20H20F3NO3. The highest BCUT2D eigenvalue weighted by Crippen LogP contribution is 2.29. The zero-order valence-corrected chi connectivity index (χ0v) is 15.0. The van der Waals surface area contributed by atoms with Crippen LogP contribution in [0.5, 0.6) is 0 Å². The molecule has 0 spiro atoms. The number of alkyl halides is 3. The predicted octanol–water partition coefficient (Wildman–Crippen LogP) is 4.24. The van der Waals surface area contributed by atoms with Crippen LogP contribution in [0.15, 0.2) is 48.5 Å². The summed E-state index contributed by atoms with van der Waals surface area (Å²) in [7, 11) is 1.64. The normalized spacial score (nSPS) is 12.5. The molecule has 0 bridgehead atoms. The van der Waals surface area contributed by atoms with Gasteiger partial charge in [-0.05, 0) is 41.8 Å². The fourth-order valence-electron chi connectivity index (χ4n) is 2.75. The van der Waals surface area contributed by atoms with E-state index in [4.69, 9.17) is 5.11 Å². The van der Waals surface area contributed by atoms with Gasteiger partial charge < -0.3 is 10.0 Å². The van der Waals surface area contributed by atoms with Gasteiger partial charge in [-0.1, -0.05) is 31.2 Å². The average molecular weight is 379 g/mol. The minimum atomic E-state index is -4.38. The SMILES string of the molecule is CC(Cc1ccc(C(F)(F)F)cc1)C(=O)N(C)Cc1ccc(C(=O)O)cc1. The molecule has 0 heterocycles. The molecule has 1 N–H and O–H groups in total. The first-order valence-electron chi connectivity index (χ1n) is 8.31. The highest BCUT2D eigenvalue weighted by Gasteiger charge is 2.30. The number of carboxylic acids is 1. The van der Waals surface area contributed by atoms with Crippen molar-refractivity contribution in [3.8, 4) is 0 Å². The number of amides is 1. The molecule has 2 aromatic rings. The summed E-state index contributed by atoms with van der Waals surface area (Å²) in [5, 5.41) is 8.89. The second-order valence-electron chi connectivity index (χ2n) is 6.50. The van der Waals surface area contributed by atoms with Crippen LogP contribution in [0.25, 0.3) is 0 Å². The van der Waals surface area contributed by atoms with Gasteiger partial charge in [-0.2, -0.15) is 13.2 Å². The third-order valence-corrected chi connectivity index (χ3v) is 4.24. The van der Waals surface area contributed by atoms with Crippen LogP contribution in [0.1, 0.15) is 34.0 Å². The van der Waals surface area contributed by atoms with Gasteiger partial charge >= 0.3 is 12.1 Å². The quantitative estimate of drug-likeness (QED) is 0.817. The topological polar surface area (TPSA) is 57.6 Å². The predicted molar refractivity (Wildman–Crippen MR) is 94.2 cm³/mol. The maximum Gasteiger partial charge on any atom is 0.416 e. The van der Waals surface area contributed by atoms with Crippen LogP contribution in [-0.4, -0.2) is 28.9 Å². The van der Waals surface area contributed by atoms with E-state index in [1.165, 1.54) is 29.2 Å². The van der Waals surface area contributed by atoms with E-state index < -0.39 is 23.6 Å². The van der Waals surface area contributed by atoms with Gasteiger partial charge in [0, 0.05) is 19.5 Å².